The molecule has 0 aromatic carbocycles. The SMILES string of the molecule is CCN[C@]12CCC(C)(C)C[C@@H]1C1C(=O)C[C@@H]3[C@@]4(C)C=C(C#N)C(=O)C(C)(C)[C@@H]4CC[C@@]3(C)[C@]1(C)CC2. The molecule has 1 N–H and O–H groups in total. The van der Waals surface area contributed by atoms with Gasteiger partial charge in [0.05, 0.1) is 5.57 Å². The summed E-state index contributed by atoms with van der Waals surface area (Å²) in [5.41, 5.74) is -0.290. The van der Waals surface area contributed by atoms with Gasteiger partial charge >= 0.3 is 0 Å². The summed E-state index contributed by atoms with van der Waals surface area (Å²) in [5.74, 6) is 1.23. The monoisotopic (exact) mass is 492 g/mol. The first-order valence-electron chi connectivity index (χ1n) is 14.6. The van der Waals surface area contributed by atoms with Crippen molar-refractivity contribution in [2.24, 2.45) is 50.7 Å². The van der Waals surface area contributed by atoms with E-state index in [1.807, 2.05) is 19.9 Å². The molecule has 0 radical (unpaired) electrons. The Morgan fingerprint density at radius 3 is 2.25 bits per heavy atom. The van der Waals surface area contributed by atoms with E-state index in [-0.39, 0.29) is 50.7 Å². The van der Waals surface area contributed by atoms with E-state index in [1.54, 1.807) is 0 Å². The number of nitrogens with zero attached hydrogens (tertiary/aromatic N) is 1. The Labute approximate surface area is 219 Å². The van der Waals surface area contributed by atoms with Crippen LogP contribution in [0, 0.1) is 62.1 Å². The predicted octanol–water partition coefficient (Wildman–Crippen LogP) is 6.65. The summed E-state index contributed by atoms with van der Waals surface area (Å²) >= 11 is 0. The minimum atomic E-state index is -0.573. The van der Waals surface area contributed by atoms with Gasteiger partial charge < -0.3 is 5.32 Å². The third kappa shape index (κ3) is 3.14. The van der Waals surface area contributed by atoms with Crippen molar-refractivity contribution in [3.8, 4) is 6.07 Å². The highest BCUT2D eigenvalue weighted by atomic mass is 16.1. The van der Waals surface area contributed by atoms with Crippen LogP contribution in [0.2, 0.25) is 0 Å². The van der Waals surface area contributed by atoms with Crippen LogP contribution >= 0.6 is 0 Å². The molecule has 5 aliphatic rings. The molecule has 198 valence electrons. The van der Waals surface area contributed by atoms with Gasteiger partial charge in [-0.2, -0.15) is 5.26 Å². The van der Waals surface area contributed by atoms with Crippen LogP contribution in [-0.2, 0) is 9.59 Å². The average molecular weight is 493 g/mol. The van der Waals surface area contributed by atoms with Gasteiger partial charge in [-0.15, -0.1) is 0 Å². The maximum absolute atomic E-state index is 14.5. The molecule has 1 unspecified atom stereocenters. The fourth-order valence-electron chi connectivity index (χ4n) is 11.0. The van der Waals surface area contributed by atoms with Gasteiger partial charge in [0, 0.05) is 23.3 Å². The number of allylic oxidation sites excluding steroid dienone is 2. The number of rotatable bonds is 2. The Morgan fingerprint density at radius 1 is 0.944 bits per heavy atom. The second kappa shape index (κ2) is 7.78. The fraction of sp³-hybridized carbons (Fsp3) is 0.844. The highest BCUT2D eigenvalue weighted by molar-refractivity contribution is 6.04. The third-order valence-corrected chi connectivity index (χ3v) is 13.0. The van der Waals surface area contributed by atoms with E-state index in [0.717, 1.165) is 38.6 Å². The van der Waals surface area contributed by atoms with Crippen molar-refractivity contribution in [3.05, 3.63) is 11.6 Å². The Kier molecular flexibility index (Phi) is 5.65. The standard InChI is InChI=1S/C32H48N2O2/c1-9-34-32-14-12-27(2,3)18-21(32)25-22(35)16-24-29(6)17-20(19-33)26(36)28(4,5)23(29)10-11-30(24,7)31(25,8)13-15-32/h17,21,23-25,34H,9-16,18H2,1-8H3/t21-,23+,24-,25?,29+,30-,31-,32+/m1/s1. The molecule has 0 aromatic heterocycles. The lowest BCUT2D eigenvalue weighted by molar-refractivity contribution is -0.215. The Hall–Kier alpha value is -1.47. The van der Waals surface area contributed by atoms with Crippen LogP contribution in [0.4, 0.5) is 0 Å². The number of nitrogens with one attached hydrogen (secondary N) is 1. The molecule has 4 saturated carbocycles. The van der Waals surface area contributed by atoms with Gasteiger partial charge in [0.1, 0.15) is 11.9 Å². The molecule has 0 spiro atoms. The molecule has 0 heterocycles. The van der Waals surface area contributed by atoms with Gasteiger partial charge in [0.15, 0.2) is 5.78 Å². The zero-order valence-corrected chi connectivity index (χ0v) is 24.0. The summed E-state index contributed by atoms with van der Waals surface area (Å²) in [6.45, 7) is 19.3. The normalized spacial score (nSPS) is 49.0. The summed E-state index contributed by atoms with van der Waals surface area (Å²) in [4.78, 5) is 27.7. The Bertz CT molecular complexity index is 1060. The summed E-state index contributed by atoms with van der Waals surface area (Å²) < 4.78 is 0. The van der Waals surface area contributed by atoms with E-state index >= 15 is 0 Å². The number of Topliss-reactive ketones (excluding diaryl/α,β-unsaturated/α-hetero) is 2. The number of carbonyl (C=O) groups excluding carboxylic acids is 2. The van der Waals surface area contributed by atoms with Crippen molar-refractivity contribution < 1.29 is 9.59 Å². The molecule has 0 bridgehead atoms. The molecule has 8 atom stereocenters. The molecule has 0 saturated heterocycles. The second-order valence-corrected chi connectivity index (χ2v) is 15.4. The lowest BCUT2D eigenvalue weighted by atomic mass is 9.32. The van der Waals surface area contributed by atoms with E-state index in [4.69, 9.17) is 0 Å². The highest BCUT2D eigenvalue weighted by Gasteiger charge is 2.72. The number of fused-ring (bicyclic) bond motifs is 7. The topological polar surface area (TPSA) is 70.0 Å². The van der Waals surface area contributed by atoms with Crippen LogP contribution < -0.4 is 5.32 Å². The maximum Gasteiger partial charge on any atom is 0.178 e. The molecule has 36 heavy (non-hydrogen) atoms. The van der Waals surface area contributed by atoms with Gasteiger partial charge in [0.2, 0.25) is 0 Å². The average Bonchev–Trinajstić information content (AvgIpc) is 2.79. The first kappa shape index (κ1) is 26.1. The zero-order chi connectivity index (χ0) is 26.5. The number of nitriles is 1. The largest absolute Gasteiger partial charge is 0.311 e. The summed E-state index contributed by atoms with van der Waals surface area (Å²) in [5, 5.41) is 13.8. The van der Waals surface area contributed by atoms with E-state index in [9.17, 15) is 14.9 Å². The van der Waals surface area contributed by atoms with Gasteiger partial charge in [-0.05, 0) is 90.9 Å². The van der Waals surface area contributed by atoms with Crippen LogP contribution in [0.5, 0.6) is 0 Å². The maximum atomic E-state index is 14.5. The number of hydrogen-bond acceptors (Lipinski definition) is 4. The third-order valence-electron chi connectivity index (χ3n) is 13.0. The van der Waals surface area contributed by atoms with E-state index in [1.165, 1.54) is 12.8 Å². The minimum Gasteiger partial charge on any atom is -0.311 e. The number of carbonyl (C=O) groups is 2. The van der Waals surface area contributed by atoms with Gasteiger partial charge in [-0.1, -0.05) is 61.5 Å². The minimum absolute atomic E-state index is 0.00429. The Balaban J connectivity index is 1.63. The van der Waals surface area contributed by atoms with Crippen molar-refractivity contribution in [3.63, 3.8) is 0 Å². The second-order valence-electron chi connectivity index (χ2n) is 15.4. The van der Waals surface area contributed by atoms with Crippen LogP contribution in [0.1, 0.15) is 107 Å². The lowest BCUT2D eigenvalue weighted by Crippen LogP contribution is -2.71. The molecule has 5 aliphatic carbocycles. The van der Waals surface area contributed by atoms with Crippen LogP contribution in [0.3, 0.4) is 0 Å². The van der Waals surface area contributed by atoms with Crippen molar-refractivity contribution >= 4 is 11.6 Å². The van der Waals surface area contributed by atoms with Crippen LogP contribution in [-0.4, -0.2) is 23.7 Å². The molecule has 0 amide bonds. The molecule has 5 rings (SSSR count). The molecule has 4 heteroatoms. The molecule has 4 fully saturated rings. The van der Waals surface area contributed by atoms with Crippen LogP contribution in [0.25, 0.3) is 0 Å². The van der Waals surface area contributed by atoms with Crippen molar-refractivity contribution in [1.82, 2.24) is 5.32 Å². The number of hydrogen-bond donors (Lipinski definition) is 1. The fourth-order valence-corrected chi connectivity index (χ4v) is 11.0. The van der Waals surface area contributed by atoms with Crippen molar-refractivity contribution in [2.45, 2.75) is 112 Å². The smallest absolute Gasteiger partial charge is 0.178 e. The van der Waals surface area contributed by atoms with Gasteiger partial charge in [-0.25, -0.2) is 0 Å². The van der Waals surface area contributed by atoms with Gasteiger partial charge in [-0.3, -0.25) is 9.59 Å². The van der Waals surface area contributed by atoms with Crippen LogP contribution in [0.15, 0.2) is 11.6 Å². The van der Waals surface area contributed by atoms with E-state index in [2.05, 4.69) is 52.9 Å². The first-order valence-corrected chi connectivity index (χ1v) is 14.6. The lowest BCUT2D eigenvalue weighted by Gasteiger charge is -2.72. The molecular formula is C32H48N2O2. The van der Waals surface area contributed by atoms with Gasteiger partial charge in [0.25, 0.3) is 0 Å². The zero-order valence-electron chi connectivity index (χ0n) is 24.0. The quantitative estimate of drug-likeness (QED) is 0.469. The van der Waals surface area contributed by atoms with E-state index in [0.29, 0.717) is 23.7 Å². The first-order chi connectivity index (χ1) is 16.6. The predicted molar refractivity (Wildman–Crippen MR) is 143 cm³/mol. The van der Waals surface area contributed by atoms with Crippen molar-refractivity contribution in [1.29, 1.82) is 5.26 Å². The number of ketones is 2. The summed E-state index contributed by atoms with van der Waals surface area (Å²) in [6, 6.07) is 2.24. The molecule has 0 aromatic rings. The highest BCUT2D eigenvalue weighted by Crippen LogP contribution is 2.74. The van der Waals surface area contributed by atoms with E-state index < -0.39 is 5.41 Å². The molecule has 4 nitrogen and oxygen atoms in total. The summed E-state index contributed by atoms with van der Waals surface area (Å²) in [7, 11) is 0. The molecule has 0 aliphatic heterocycles. The summed E-state index contributed by atoms with van der Waals surface area (Å²) in [6.07, 6.45) is 10.4. The Morgan fingerprint density at radius 2 is 1.61 bits per heavy atom. The molecular weight excluding hydrogens is 444 g/mol. The van der Waals surface area contributed by atoms with Crippen molar-refractivity contribution in [2.75, 3.05) is 6.54 Å².